The predicted molar refractivity (Wildman–Crippen MR) is 60.3 cm³/mol. The van der Waals surface area contributed by atoms with Gasteiger partial charge in [-0.2, -0.15) is 0 Å². The molecule has 0 saturated heterocycles. The van der Waals surface area contributed by atoms with E-state index in [4.69, 9.17) is 0 Å². The topological polar surface area (TPSA) is 34.1 Å². The van der Waals surface area contributed by atoms with Gasteiger partial charge >= 0.3 is 0 Å². The van der Waals surface area contributed by atoms with Crippen LogP contribution in [0.2, 0.25) is 0 Å². The minimum absolute atomic E-state index is 0.0311. The van der Waals surface area contributed by atoms with Gasteiger partial charge in [-0.05, 0) is 43.5 Å². The van der Waals surface area contributed by atoms with Gasteiger partial charge in [0, 0.05) is 11.1 Å². The van der Waals surface area contributed by atoms with Crippen molar-refractivity contribution in [3.63, 3.8) is 0 Å². The molecule has 0 aromatic heterocycles. The van der Waals surface area contributed by atoms with Gasteiger partial charge in [-0.25, -0.2) is 0 Å². The third-order valence-electron chi connectivity index (χ3n) is 2.85. The third-order valence-corrected chi connectivity index (χ3v) is 2.85. The number of carbonyl (C=O) groups is 1. The Labute approximate surface area is 88.3 Å². The van der Waals surface area contributed by atoms with Gasteiger partial charge < -0.3 is 0 Å². The maximum absolute atomic E-state index is 11.8. The summed E-state index contributed by atoms with van der Waals surface area (Å²) in [7, 11) is 0. The van der Waals surface area contributed by atoms with Crippen LogP contribution in [0.3, 0.4) is 0 Å². The predicted octanol–water partition coefficient (Wildman–Crippen LogP) is 2.18. The zero-order chi connectivity index (χ0) is 11.2. The molecular weight excluding hydrogens is 188 g/mol. The van der Waals surface area contributed by atoms with E-state index in [1.54, 1.807) is 19.9 Å². The molecule has 15 heavy (non-hydrogen) atoms. The number of fused-ring (bicyclic) bond motifs is 1. The molecule has 1 aliphatic carbocycles. The number of rotatable bonds is 0. The Morgan fingerprint density at radius 3 is 2.27 bits per heavy atom. The Bertz CT molecular complexity index is 551. The van der Waals surface area contributed by atoms with Crippen LogP contribution in [0.5, 0.6) is 0 Å². The molecule has 0 radical (unpaired) electrons. The molecule has 76 valence electrons. The number of hydrogen-bond donors (Lipinski definition) is 0. The number of aryl methyl sites for hydroxylation is 2. The smallest absolute Gasteiger partial charge is 0.186 e. The van der Waals surface area contributed by atoms with Crippen molar-refractivity contribution < 1.29 is 4.79 Å². The number of hydrogen-bond acceptors (Lipinski definition) is 2. The molecule has 1 aromatic carbocycles. The van der Waals surface area contributed by atoms with Gasteiger partial charge in [-0.3, -0.25) is 9.59 Å². The zero-order valence-corrected chi connectivity index (χ0v) is 9.05. The van der Waals surface area contributed by atoms with Gasteiger partial charge in [0.05, 0.1) is 0 Å². The van der Waals surface area contributed by atoms with Crippen molar-refractivity contribution in [2.24, 2.45) is 0 Å². The van der Waals surface area contributed by atoms with Gasteiger partial charge in [0.1, 0.15) is 0 Å². The molecule has 0 heterocycles. The van der Waals surface area contributed by atoms with Crippen molar-refractivity contribution in [2.75, 3.05) is 0 Å². The average molecular weight is 200 g/mol. The Balaban J connectivity index is 3.02. The lowest BCUT2D eigenvalue weighted by Gasteiger charge is -1.97. The second-order valence-electron chi connectivity index (χ2n) is 3.95. The van der Waals surface area contributed by atoms with E-state index >= 15 is 0 Å². The molecule has 2 heteroatoms. The van der Waals surface area contributed by atoms with Crippen LogP contribution >= 0.6 is 0 Å². The molecule has 2 rings (SSSR count). The summed E-state index contributed by atoms with van der Waals surface area (Å²) in [5.41, 5.74) is 3.67. The highest BCUT2D eigenvalue weighted by Gasteiger charge is 2.19. The first kappa shape index (κ1) is 9.84. The van der Waals surface area contributed by atoms with Crippen LogP contribution in [-0.4, -0.2) is 5.78 Å². The number of carbonyl (C=O) groups excluding carboxylic acids is 1. The number of ketones is 1. The summed E-state index contributed by atoms with van der Waals surface area (Å²) in [5.74, 6) is -0.0571. The average Bonchev–Trinajstić information content (AvgIpc) is 2.54. The lowest BCUT2D eigenvalue weighted by atomic mass is 10.1. The molecule has 0 bridgehead atoms. The summed E-state index contributed by atoms with van der Waals surface area (Å²) < 4.78 is 0. The van der Waals surface area contributed by atoms with Crippen molar-refractivity contribution >= 4 is 11.9 Å². The molecule has 0 amide bonds. The van der Waals surface area contributed by atoms with E-state index in [0.29, 0.717) is 16.7 Å². The summed E-state index contributed by atoms with van der Waals surface area (Å²) in [6, 6.07) is 1.84. The van der Waals surface area contributed by atoms with Crippen molar-refractivity contribution in [2.45, 2.75) is 20.8 Å². The van der Waals surface area contributed by atoms with Gasteiger partial charge in [0.15, 0.2) is 11.2 Å². The first-order chi connectivity index (χ1) is 7.02. The second kappa shape index (κ2) is 3.16. The van der Waals surface area contributed by atoms with Crippen LogP contribution in [0.25, 0.3) is 6.08 Å². The summed E-state index contributed by atoms with van der Waals surface area (Å²) >= 11 is 0. The van der Waals surface area contributed by atoms with Crippen LogP contribution in [-0.2, 0) is 0 Å². The standard InChI is InChI=1S/C13H12O2/c1-7-6-8(2)13(15)9(3)12-10(7)4-5-11(12)14/h4-6H,1-3H3. The number of allylic oxidation sites excluding steroid dienone is 1. The van der Waals surface area contributed by atoms with Crippen molar-refractivity contribution in [1.29, 1.82) is 0 Å². The fourth-order valence-electron chi connectivity index (χ4n) is 2.05. The maximum Gasteiger partial charge on any atom is 0.186 e. The molecule has 0 unspecified atom stereocenters. The Kier molecular flexibility index (Phi) is 2.07. The van der Waals surface area contributed by atoms with E-state index in [1.807, 2.05) is 13.0 Å². The Morgan fingerprint density at radius 1 is 0.933 bits per heavy atom. The van der Waals surface area contributed by atoms with Gasteiger partial charge in [0.2, 0.25) is 0 Å². The van der Waals surface area contributed by atoms with Crippen LogP contribution < -0.4 is 5.43 Å². The van der Waals surface area contributed by atoms with Crippen LogP contribution in [0, 0.1) is 20.8 Å². The van der Waals surface area contributed by atoms with Crippen LogP contribution in [0.15, 0.2) is 16.9 Å². The van der Waals surface area contributed by atoms with E-state index in [0.717, 1.165) is 11.1 Å². The quantitative estimate of drug-likeness (QED) is 0.643. The molecule has 0 aliphatic heterocycles. The first-order valence-electron chi connectivity index (χ1n) is 4.90. The van der Waals surface area contributed by atoms with E-state index in [9.17, 15) is 9.59 Å². The molecular formula is C13H12O2. The summed E-state index contributed by atoms with van der Waals surface area (Å²) in [5, 5.41) is 0. The molecule has 2 nitrogen and oxygen atoms in total. The Morgan fingerprint density at radius 2 is 1.60 bits per heavy atom. The normalized spacial score (nSPS) is 13.1. The minimum atomic E-state index is -0.0571. The molecule has 0 fully saturated rings. The van der Waals surface area contributed by atoms with E-state index in [1.165, 1.54) is 6.08 Å². The SMILES string of the molecule is Cc1cc(C)c(=O)c(C)c2c1C=CC2=O. The second-order valence-corrected chi connectivity index (χ2v) is 3.95. The van der Waals surface area contributed by atoms with Crippen LogP contribution in [0.4, 0.5) is 0 Å². The maximum atomic E-state index is 11.8. The lowest BCUT2D eigenvalue weighted by molar-refractivity contribution is 0.104. The highest BCUT2D eigenvalue weighted by atomic mass is 16.1. The molecule has 0 spiro atoms. The highest BCUT2D eigenvalue weighted by molar-refractivity contribution is 6.14. The zero-order valence-electron chi connectivity index (χ0n) is 9.05. The monoisotopic (exact) mass is 200 g/mol. The van der Waals surface area contributed by atoms with Crippen LogP contribution in [0.1, 0.15) is 32.6 Å². The first-order valence-corrected chi connectivity index (χ1v) is 4.90. The summed E-state index contributed by atoms with van der Waals surface area (Å²) in [6.07, 6.45) is 3.32. The van der Waals surface area contributed by atoms with E-state index in [2.05, 4.69) is 0 Å². The molecule has 0 N–H and O–H groups in total. The molecule has 1 aliphatic rings. The molecule has 0 saturated carbocycles. The Hall–Kier alpha value is -1.70. The minimum Gasteiger partial charge on any atom is -0.289 e. The molecule has 1 aromatic rings. The van der Waals surface area contributed by atoms with Crippen molar-refractivity contribution in [3.8, 4) is 0 Å². The van der Waals surface area contributed by atoms with E-state index < -0.39 is 0 Å². The fourth-order valence-corrected chi connectivity index (χ4v) is 2.05. The third kappa shape index (κ3) is 1.33. The lowest BCUT2D eigenvalue weighted by Crippen LogP contribution is -2.09. The van der Waals surface area contributed by atoms with Gasteiger partial charge in [-0.1, -0.05) is 12.1 Å². The van der Waals surface area contributed by atoms with E-state index in [-0.39, 0.29) is 11.2 Å². The highest BCUT2D eigenvalue weighted by Crippen LogP contribution is 2.23. The molecule has 0 atom stereocenters. The fraction of sp³-hybridized carbons (Fsp3) is 0.231. The van der Waals surface area contributed by atoms with Crippen molar-refractivity contribution in [1.82, 2.24) is 0 Å². The summed E-state index contributed by atoms with van der Waals surface area (Å²) in [6.45, 7) is 5.43. The van der Waals surface area contributed by atoms with Gasteiger partial charge in [-0.15, -0.1) is 0 Å². The van der Waals surface area contributed by atoms with Gasteiger partial charge in [0.25, 0.3) is 0 Å². The summed E-state index contributed by atoms with van der Waals surface area (Å²) in [4.78, 5) is 23.5. The van der Waals surface area contributed by atoms with Crippen molar-refractivity contribution in [3.05, 3.63) is 50.2 Å². The largest absolute Gasteiger partial charge is 0.289 e.